The predicted molar refractivity (Wildman–Crippen MR) is 150 cm³/mol. The monoisotopic (exact) mass is 518 g/mol. The number of para-hydroxylation sites is 2. The zero-order valence-corrected chi connectivity index (χ0v) is 22.4. The summed E-state index contributed by atoms with van der Waals surface area (Å²) in [6.45, 7) is 8.19. The van der Waals surface area contributed by atoms with E-state index in [-0.39, 0.29) is 23.4 Å². The van der Waals surface area contributed by atoms with Crippen molar-refractivity contribution in [3.63, 3.8) is 0 Å². The number of aromatic nitrogens is 2. The van der Waals surface area contributed by atoms with Crippen molar-refractivity contribution in [2.75, 3.05) is 4.90 Å². The molecule has 3 aliphatic heterocycles. The van der Waals surface area contributed by atoms with Crippen LogP contribution in [0.5, 0.6) is 0 Å². The first-order valence-electron chi connectivity index (χ1n) is 13.6. The molecule has 0 bridgehead atoms. The lowest BCUT2D eigenvalue weighted by atomic mass is 9.75. The number of carbonyl (C=O) groups is 2. The highest BCUT2D eigenvalue weighted by atomic mass is 16.2. The first kappa shape index (κ1) is 24.0. The van der Waals surface area contributed by atoms with Gasteiger partial charge in [-0.2, -0.15) is 0 Å². The fourth-order valence-electron chi connectivity index (χ4n) is 7.26. The number of carbonyl (C=O) groups excluding carboxylic acids is 2. The lowest BCUT2D eigenvalue weighted by Crippen LogP contribution is -2.50. The summed E-state index contributed by atoms with van der Waals surface area (Å²) in [6, 6.07) is 20.6. The van der Waals surface area contributed by atoms with E-state index in [0.29, 0.717) is 40.4 Å². The van der Waals surface area contributed by atoms with Gasteiger partial charge in [-0.3, -0.25) is 24.3 Å². The maximum Gasteiger partial charge on any atom is 0.266 e. The zero-order chi connectivity index (χ0) is 27.2. The molecule has 3 aliphatic rings. The Balaban J connectivity index is 1.52. The van der Waals surface area contributed by atoms with Crippen molar-refractivity contribution in [1.82, 2.24) is 14.9 Å². The molecule has 3 aromatic carbocycles. The molecule has 0 radical (unpaired) electrons. The normalized spacial score (nSPS) is 25.2. The summed E-state index contributed by atoms with van der Waals surface area (Å²) >= 11 is 0. The number of fused-ring (bicyclic) bond motifs is 8. The second-order valence-electron chi connectivity index (χ2n) is 11.7. The van der Waals surface area contributed by atoms with Crippen LogP contribution in [0.25, 0.3) is 16.6 Å². The van der Waals surface area contributed by atoms with Crippen molar-refractivity contribution >= 4 is 28.4 Å². The smallest absolute Gasteiger partial charge is 0.266 e. The summed E-state index contributed by atoms with van der Waals surface area (Å²) in [5.74, 6) is -0.985. The van der Waals surface area contributed by atoms with Gasteiger partial charge in [-0.1, -0.05) is 50.2 Å². The van der Waals surface area contributed by atoms with Gasteiger partial charge in [-0.05, 0) is 67.6 Å². The van der Waals surface area contributed by atoms with Crippen LogP contribution in [0.2, 0.25) is 0 Å². The number of hydrogen-bond acceptors (Lipinski definition) is 5. The number of amides is 2. The number of aryl methyl sites for hydroxylation is 2. The van der Waals surface area contributed by atoms with Crippen molar-refractivity contribution in [3.05, 3.63) is 99.6 Å². The molecule has 0 unspecified atom stereocenters. The second-order valence-corrected chi connectivity index (χ2v) is 11.7. The number of nitrogens with one attached hydrogen (secondary N) is 1. The lowest BCUT2D eigenvalue weighted by Gasteiger charge is -2.32. The summed E-state index contributed by atoms with van der Waals surface area (Å²) in [4.78, 5) is 49.1. The maximum absolute atomic E-state index is 14.5. The summed E-state index contributed by atoms with van der Waals surface area (Å²) in [5.41, 5.74) is 3.40. The topological polar surface area (TPSA) is 84.3 Å². The molecule has 1 N–H and O–H groups in total. The van der Waals surface area contributed by atoms with Gasteiger partial charge in [0.1, 0.15) is 11.4 Å². The summed E-state index contributed by atoms with van der Waals surface area (Å²) in [7, 11) is 0. The van der Waals surface area contributed by atoms with Gasteiger partial charge in [-0.25, -0.2) is 9.88 Å². The van der Waals surface area contributed by atoms with Gasteiger partial charge in [0.25, 0.3) is 5.56 Å². The van der Waals surface area contributed by atoms with Gasteiger partial charge in [0.15, 0.2) is 0 Å². The molecular weight excluding hydrogens is 488 g/mol. The van der Waals surface area contributed by atoms with Crippen molar-refractivity contribution in [2.45, 2.75) is 45.7 Å². The van der Waals surface area contributed by atoms with Crippen molar-refractivity contribution in [2.24, 2.45) is 17.8 Å². The third-order valence-electron chi connectivity index (χ3n) is 8.55. The Morgan fingerprint density at radius 1 is 0.923 bits per heavy atom. The van der Waals surface area contributed by atoms with E-state index in [9.17, 15) is 14.4 Å². The summed E-state index contributed by atoms with van der Waals surface area (Å²) < 4.78 is 1.65. The molecule has 4 aromatic rings. The van der Waals surface area contributed by atoms with E-state index in [1.165, 1.54) is 4.90 Å². The van der Waals surface area contributed by atoms with Crippen molar-refractivity contribution < 1.29 is 9.59 Å². The van der Waals surface area contributed by atoms with Crippen LogP contribution in [-0.4, -0.2) is 27.4 Å². The number of rotatable bonds is 3. The van der Waals surface area contributed by atoms with Crippen LogP contribution in [0.4, 0.5) is 5.69 Å². The molecule has 4 heterocycles. The highest BCUT2D eigenvalue weighted by Crippen LogP contribution is 2.56. The average molecular weight is 519 g/mol. The number of benzene rings is 3. The molecule has 7 nitrogen and oxygen atoms in total. The molecule has 196 valence electrons. The van der Waals surface area contributed by atoms with E-state index < -0.39 is 17.4 Å². The average Bonchev–Trinajstić information content (AvgIpc) is 3.46. The van der Waals surface area contributed by atoms with Gasteiger partial charge >= 0.3 is 0 Å². The molecule has 7 heteroatoms. The maximum atomic E-state index is 14.5. The van der Waals surface area contributed by atoms with E-state index in [4.69, 9.17) is 4.98 Å². The van der Waals surface area contributed by atoms with E-state index in [2.05, 4.69) is 19.2 Å². The van der Waals surface area contributed by atoms with Crippen LogP contribution < -0.4 is 15.8 Å². The Morgan fingerprint density at radius 2 is 1.62 bits per heavy atom. The second kappa shape index (κ2) is 8.20. The van der Waals surface area contributed by atoms with Crippen LogP contribution in [-0.2, 0) is 15.1 Å². The van der Waals surface area contributed by atoms with E-state index in [1.54, 1.807) is 10.6 Å². The Labute approximate surface area is 226 Å². The minimum absolute atomic E-state index is 0.173. The minimum Gasteiger partial charge on any atom is -0.297 e. The van der Waals surface area contributed by atoms with E-state index in [1.807, 2.05) is 74.5 Å². The molecule has 1 aromatic heterocycles. The third-order valence-corrected chi connectivity index (χ3v) is 8.55. The van der Waals surface area contributed by atoms with Crippen molar-refractivity contribution in [1.29, 1.82) is 0 Å². The predicted octanol–water partition coefficient (Wildman–Crippen LogP) is 4.38. The zero-order valence-electron chi connectivity index (χ0n) is 22.4. The number of nitrogens with zero attached hydrogens (tertiary/aromatic N) is 3. The lowest BCUT2D eigenvalue weighted by molar-refractivity contribution is -0.123. The number of imide groups is 1. The Morgan fingerprint density at radius 3 is 2.36 bits per heavy atom. The van der Waals surface area contributed by atoms with Gasteiger partial charge in [0, 0.05) is 11.6 Å². The minimum atomic E-state index is -1.11. The third kappa shape index (κ3) is 3.13. The molecule has 0 aliphatic carbocycles. The number of anilines is 1. The van der Waals surface area contributed by atoms with Crippen LogP contribution in [0.3, 0.4) is 0 Å². The summed E-state index contributed by atoms with van der Waals surface area (Å²) in [5, 5.41) is 4.29. The highest BCUT2D eigenvalue weighted by molar-refractivity contribution is 6.23. The first-order valence-corrected chi connectivity index (χ1v) is 13.6. The van der Waals surface area contributed by atoms with E-state index in [0.717, 1.165) is 16.7 Å². The Bertz CT molecular complexity index is 1750. The molecule has 0 saturated carbocycles. The fraction of sp³-hybridized carbons (Fsp3) is 0.312. The quantitative estimate of drug-likeness (QED) is 0.407. The van der Waals surface area contributed by atoms with Crippen LogP contribution in [0.15, 0.2) is 71.5 Å². The molecular formula is C32H30N4O3. The molecule has 4 atom stereocenters. The molecule has 7 rings (SSSR count). The van der Waals surface area contributed by atoms with Gasteiger partial charge in [-0.15, -0.1) is 0 Å². The van der Waals surface area contributed by atoms with Crippen LogP contribution in [0, 0.1) is 31.6 Å². The fourth-order valence-corrected chi connectivity index (χ4v) is 7.26. The molecule has 2 fully saturated rings. The largest absolute Gasteiger partial charge is 0.297 e. The van der Waals surface area contributed by atoms with Gasteiger partial charge < -0.3 is 0 Å². The Kier molecular flexibility index (Phi) is 5.04. The molecule has 2 saturated heterocycles. The summed E-state index contributed by atoms with van der Waals surface area (Å²) in [6.07, 6.45) is 0.711. The van der Waals surface area contributed by atoms with Crippen molar-refractivity contribution in [3.8, 4) is 5.69 Å². The Hall–Kier alpha value is -4.10. The first-order chi connectivity index (χ1) is 18.7. The molecule has 1 spiro atoms. The molecule has 2 amide bonds. The van der Waals surface area contributed by atoms with Gasteiger partial charge in [0.2, 0.25) is 11.8 Å². The van der Waals surface area contributed by atoms with Gasteiger partial charge in [0.05, 0.1) is 34.1 Å². The standard InChI is InChI=1S/C32H30N4O3/c1-17(2)13-24-26-27(30(39)35(29(26)38)20-15-18(3)14-19(4)16-20)32(34-24)22-10-6-8-12-25(22)36-28(37)21-9-5-7-11-23(21)33-31(32)36/h5-12,14-17,24,26-27,34H,13H2,1-4H3/t24-,26-,27+,32+/m0/s1. The van der Waals surface area contributed by atoms with Crippen LogP contribution >= 0.6 is 0 Å². The van der Waals surface area contributed by atoms with E-state index >= 15 is 0 Å². The highest BCUT2D eigenvalue weighted by Gasteiger charge is 2.69. The van der Waals surface area contributed by atoms with Crippen LogP contribution in [0.1, 0.15) is 42.8 Å². The SMILES string of the molecule is Cc1cc(C)cc(N2C(=O)[C@H]3[C@H](CC(C)C)N[C@]4(c5ccccc5-n5c4nc4ccccc4c5=O)[C@H]3C2=O)c1. The number of hydrogen-bond donors (Lipinski definition) is 1. The molecule has 39 heavy (non-hydrogen) atoms.